The van der Waals surface area contributed by atoms with Crippen LogP contribution in [0.25, 0.3) is 0 Å². The van der Waals surface area contributed by atoms with Crippen molar-refractivity contribution in [2.75, 3.05) is 11.4 Å². The van der Waals surface area contributed by atoms with Gasteiger partial charge in [-0.2, -0.15) is 5.10 Å². The minimum absolute atomic E-state index is 0.0569. The summed E-state index contributed by atoms with van der Waals surface area (Å²) in [4.78, 5) is 26.1. The van der Waals surface area contributed by atoms with Crippen LogP contribution in [0.15, 0.2) is 24.3 Å². The summed E-state index contributed by atoms with van der Waals surface area (Å²) in [5.74, 6) is 0.0436. The highest BCUT2D eigenvalue weighted by atomic mass is 35.5. The van der Waals surface area contributed by atoms with Gasteiger partial charge in [0.05, 0.1) is 17.8 Å². The van der Waals surface area contributed by atoms with Gasteiger partial charge in [-0.15, -0.1) is 0 Å². The summed E-state index contributed by atoms with van der Waals surface area (Å²) in [7, 11) is 1.73. The number of rotatable bonds is 5. The Labute approximate surface area is 156 Å². The summed E-state index contributed by atoms with van der Waals surface area (Å²) < 4.78 is 12.4. The molecule has 0 unspecified atom stereocenters. The molecule has 26 heavy (non-hydrogen) atoms. The molecule has 2 aromatic rings. The fraction of sp³-hybridized carbons (Fsp3) is 0.389. The average molecular weight is 378 g/mol. The minimum Gasteiger partial charge on any atom is -0.479 e. The number of carbonyl (C=O) groups is 2. The van der Waals surface area contributed by atoms with E-state index < -0.39 is 12.1 Å². The lowest BCUT2D eigenvalue weighted by molar-refractivity contribution is -0.144. The first-order valence-corrected chi connectivity index (χ1v) is 8.67. The second-order valence-electron chi connectivity index (χ2n) is 6.11. The van der Waals surface area contributed by atoms with Crippen molar-refractivity contribution in [3.63, 3.8) is 0 Å². The molecule has 0 bridgehead atoms. The molecule has 1 aromatic carbocycles. The van der Waals surface area contributed by atoms with Gasteiger partial charge in [-0.3, -0.25) is 14.3 Å². The molecular formula is C18H20ClN3O4. The number of benzene rings is 1. The van der Waals surface area contributed by atoms with Crippen molar-refractivity contribution in [1.82, 2.24) is 9.78 Å². The largest absolute Gasteiger partial charge is 0.479 e. The predicted octanol–water partition coefficient (Wildman–Crippen LogP) is 2.63. The summed E-state index contributed by atoms with van der Waals surface area (Å²) in [5, 5.41) is 4.62. The number of aromatic nitrogens is 2. The molecule has 8 heteroatoms. The highest BCUT2D eigenvalue weighted by Crippen LogP contribution is 2.33. The Hall–Kier alpha value is -2.54. The van der Waals surface area contributed by atoms with E-state index in [1.807, 2.05) is 12.1 Å². The Morgan fingerprint density at radius 1 is 1.38 bits per heavy atom. The van der Waals surface area contributed by atoms with Crippen LogP contribution in [-0.2, 0) is 28.0 Å². The molecule has 7 nitrogen and oxygen atoms in total. The maximum atomic E-state index is 12.4. The number of amides is 1. The number of hydrogen-bond donors (Lipinski definition) is 0. The third kappa shape index (κ3) is 3.53. The summed E-state index contributed by atoms with van der Waals surface area (Å²) in [6.45, 7) is 3.78. The van der Waals surface area contributed by atoms with Crippen LogP contribution in [0.4, 0.5) is 5.69 Å². The van der Waals surface area contributed by atoms with E-state index in [4.69, 9.17) is 21.1 Å². The molecule has 1 amide bonds. The molecule has 0 aliphatic carbocycles. The lowest BCUT2D eigenvalue weighted by Gasteiger charge is -2.32. The molecule has 1 atom stereocenters. The fourth-order valence-corrected chi connectivity index (χ4v) is 3.08. The highest BCUT2D eigenvalue weighted by molar-refractivity contribution is 6.30. The number of hydrogen-bond acceptors (Lipinski definition) is 5. The second kappa shape index (κ2) is 7.37. The van der Waals surface area contributed by atoms with Crippen LogP contribution in [0.1, 0.15) is 24.6 Å². The average Bonchev–Trinajstić information content (AvgIpc) is 2.85. The minimum atomic E-state index is -0.585. The van der Waals surface area contributed by atoms with E-state index in [1.54, 1.807) is 37.9 Å². The van der Waals surface area contributed by atoms with Gasteiger partial charge in [0.2, 0.25) is 0 Å². The van der Waals surface area contributed by atoms with Gasteiger partial charge in [-0.1, -0.05) is 23.7 Å². The van der Waals surface area contributed by atoms with E-state index in [2.05, 4.69) is 5.10 Å². The molecule has 1 aliphatic heterocycles. The number of carbonyl (C=O) groups excluding carboxylic acids is 2. The maximum absolute atomic E-state index is 12.4. The Balaban J connectivity index is 1.61. The van der Waals surface area contributed by atoms with Crippen LogP contribution in [0.3, 0.4) is 0 Å². The standard InChI is InChI=1S/C18H20ClN3O4/c1-11-13(17(19)21(3)20-11)10-25-16(23)8-9-22-14-6-4-5-7-15(14)26-12(2)18(22)24/h4-7,12H,8-10H2,1-3H3/t12-/m1/s1. The molecule has 0 N–H and O–H groups in total. The van der Waals surface area contributed by atoms with Gasteiger partial charge in [0.1, 0.15) is 17.5 Å². The van der Waals surface area contributed by atoms with Gasteiger partial charge >= 0.3 is 5.97 Å². The fourth-order valence-electron chi connectivity index (χ4n) is 2.86. The molecule has 138 valence electrons. The van der Waals surface area contributed by atoms with Crippen molar-refractivity contribution in [3.8, 4) is 5.75 Å². The van der Waals surface area contributed by atoms with Crippen molar-refractivity contribution in [2.24, 2.45) is 7.05 Å². The van der Waals surface area contributed by atoms with Crippen molar-refractivity contribution >= 4 is 29.2 Å². The molecule has 3 rings (SSSR count). The molecule has 0 spiro atoms. The molecular weight excluding hydrogens is 358 g/mol. The highest BCUT2D eigenvalue weighted by Gasteiger charge is 2.31. The van der Waals surface area contributed by atoms with Crippen LogP contribution in [0.2, 0.25) is 5.15 Å². The number of fused-ring (bicyclic) bond motifs is 1. The molecule has 1 aromatic heterocycles. The van der Waals surface area contributed by atoms with Gasteiger partial charge in [0, 0.05) is 19.2 Å². The van der Waals surface area contributed by atoms with Crippen molar-refractivity contribution < 1.29 is 19.1 Å². The maximum Gasteiger partial charge on any atom is 0.307 e. The second-order valence-corrected chi connectivity index (χ2v) is 6.46. The topological polar surface area (TPSA) is 73.7 Å². The molecule has 1 aliphatic rings. The van der Waals surface area contributed by atoms with Crippen LogP contribution < -0.4 is 9.64 Å². The number of ether oxygens (including phenoxy) is 2. The summed E-state index contributed by atoms with van der Waals surface area (Å²) >= 11 is 6.13. The molecule has 0 saturated heterocycles. The summed E-state index contributed by atoms with van der Waals surface area (Å²) in [5.41, 5.74) is 2.06. The number of para-hydroxylation sites is 2. The predicted molar refractivity (Wildman–Crippen MR) is 96.3 cm³/mol. The van der Waals surface area contributed by atoms with Crippen molar-refractivity contribution in [1.29, 1.82) is 0 Å². The Bertz CT molecular complexity index is 849. The van der Waals surface area contributed by atoms with E-state index in [9.17, 15) is 9.59 Å². The first-order chi connectivity index (χ1) is 12.4. The molecule has 0 saturated carbocycles. The van der Waals surface area contributed by atoms with Gasteiger partial charge < -0.3 is 14.4 Å². The van der Waals surface area contributed by atoms with Gasteiger partial charge in [-0.05, 0) is 26.0 Å². The molecule has 2 heterocycles. The van der Waals surface area contributed by atoms with E-state index in [1.165, 1.54) is 4.68 Å². The van der Waals surface area contributed by atoms with Crippen molar-refractivity contribution in [3.05, 3.63) is 40.7 Å². The Morgan fingerprint density at radius 2 is 2.12 bits per heavy atom. The van der Waals surface area contributed by atoms with E-state index in [0.29, 0.717) is 22.2 Å². The lowest BCUT2D eigenvalue weighted by Crippen LogP contribution is -2.45. The molecule has 0 fully saturated rings. The normalized spacial score (nSPS) is 16.2. The number of halogens is 1. The first kappa shape index (κ1) is 18.3. The number of anilines is 1. The van der Waals surface area contributed by atoms with Gasteiger partial charge in [0.15, 0.2) is 6.10 Å². The van der Waals surface area contributed by atoms with Gasteiger partial charge in [0.25, 0.3) is 5.91 Å². The quantitative estimate of drug-likeness (QED) is 0.749. The zero-order valence-corrected chi connectivity index (χ0v) is 15.6. The molecule has 0 radical (unpaired) electrons. The van der Waals surface area contributed by atoms with Crippen LogP contribution in [0, 0.1) is 6.92 Å². The summed E-state index contributed by atoms with van der Waals surface area (Å²) in [6.07, 6.45) is -0.512. The number of esters is 1. The van der Waals surface area contributed by atoms with E-state index in [-0.39, 0.29) is 25.5 Å². The third-order valence-electron chi connectivity index (χ3n) is 4.26. The smallest absolute Gasteiger partial charge is 0.307 e. The van der Waals surface area contributed by atoms with E-state index >= 15 is 0 Å². The van der Waals surface area contributed by atoms with E-state index in [0.717, 1.165) is 5.69 Å². The van der Waals surface area contributed by atoms with Crippen LogP contribution in [0.5, 0.6) is 5.75 Å². The zero-order chi connectivity index (χ0) is 18.8. The van der Waals surface area contributed by atoms with Gasteiger partial charge in [-0.25, -0.2) is 0 Å². The van der Waals surface area contributed by atoms with Crippen LogP contribution in [-0.4, -0.2) is 34.3 Å². The monoisotopic (exact) mass is 377 g/mol. The van der Waals surface area contributed by atoms with Crippen molar-refractivity contribution in [2.45, 2.75) is 33.0 Å². The number of aryl methyl sites for hydroxylation is 2. The third-order valence-corrected chi connectivity index (χ3v) is 4.73. The SMILES string of the molecule is Cc1nn(C)c(Cl)c1COC(=O)CCN1C(=O)[C@@H](C)Oc2ccccc21. The summed E-state index contributed by atoms with van der Waals surface area (Å²) in [6, 6.07) is 7.26. The first-order valence-electron chi connectivity index (χ1n) is 8.29. The zero-order valence-electron chi connectivity index (χ0n) is 14.9. The Morgan fingerprint density at radius 3 is 2.81 bits per heavy atom. The Kier molecular flexibility index (Phi) is 5.18. The lowest BCUT2D eigenvalue weighted by atomic mass is 10.2. The number of nitrogens with zero attached hydrogens (tertiary/aromatic N) is 3. The van der Waals surface area contributed by atoms with Crippen LogP contribution >= 0.6 is 11.6 Å².